The third-order valence-electron chi connectivity index (χ3n) is 5.18. The molecule has 7 nitrogen and oxygen atoms in total. The van der Waals surface area contributed by atoms with Crippen LogP contribution in [0.4, 0.5) is 19.4 Å². The van der Waals surface area contributed by atoms with Crippen molar-refractivity contribution in [3.8, 4) is 17.2 Å². The van der Waals surface area contributed by atoms with E-state index in [9.17, 15) is 13.6 Å². The highest BCUT2D eigenvalue weighted by Gasteiger charge is 2.57. The molecule has 0 bridgehead atoms. The number of hydrogen-bond acceptors (Lipinski definition) is 5. The third-order valence-corrected chi connectivity index (χ3v) is 5.18. The molecule has 1 aliphatic carbocycles. The number of rotatable bonds is 4. The molecule has 1 fully saturated rings. The fourth-order valence-electron chi connectivity index (χ4n) is 3.72. The maximum atomic E-state index is 14.2. The predicted molar refractivity (Wildman–Crippen MR) is 103 cm³/mol. The standard InChI is InChI=1S/C21H16F2N4O3/c22-14-2-3-15(23)20-18(14)17-13(10-29-20)19(17)27-21(28)26-16-4-1-12(9-25-16)30-11-5-7-24-8-6-11/h1-9,13,17,19H,10H2,(H2,25,26,27,28)/t13?,17?,19-/m1/s1. The van der Waals surface area contributed by atoms with Crippen LogP contribution in [0.5, 0.6) is 17.2 Å². The van der Waals surface area contributed by atoms with E-state index in [4.69, 9.17) is 9.47 Å². The van der Waals surface area contributed by atoms with E-state index in [1.165, 1.54) is 6.20 Å². The van der Waals surface area contributed by atoms with E-state index in [0.717, 1.165) is 12.1 Å². The van der Waals surface area contributed by atoms with Crippen LogP contribution in [0.3, 0.4) is 0 Å². The second-order valence-electron chi connectivity index (χ2n) is 7.06. The van der Waals surface area contributed by atoms with Crippen molar-refractivity contribution in [1.29, 1.82) is 0 Å². The van der Waals surface area contributed by atoms with Gasteiger partial charge in [0, 0.05) is 35.8 Å². The summed E-state index contributed by atoms with van der Waals surface area (Å²) in [6.45, 7) is 0.224. The Morgan fingerprint density at radius 1 is 1.07 bits per heavy atom. The Morgan fingerprint density at radius 3 is 2.63 bits per heavy atom. The summed E-state index contributed by atoms with van der Waals surface area (Å²) in [7, 11) is 0. The van der Waals surface area contributed by atoms with Gasteiger partial charge in [-0.3, -0.25) is 10.3 Å². The highest BCUT2D eigenvalue weighted by molar-refractivity contribution is 5.89. The average Bonchev–Trinajstić information content (AvgIpc) is 3.45. The fraction of sp³-hybridized carbons (Fsp3) is 0.190. The van der Waals surface area contributed by atoms with Gasteiger partial charge in [-0.1, -0.05) is 0 Å². The Hall–Kier alpha value is -3.75. The van der Waals surface area contributed by atoms with Gasteiger partial charge in [-0.05, 0) is 36.4 Å². The van der Waals surface area contributed by atoms with Crippen molar-refractivity contribution in [1.82, 2.24) is 15.3 Å². The predicted octanol–water partition coefficient (Wildman–Crippen LogP) is 3.84. The SMILES string of the molecule is O=C(Nc1ccc(Oc2ccncc2)cn1)N[C@@H]1C2COc3c(F)ccc(F)c3C21. The fourth-order valence-corrected chi connectivity index (χ4v) is 3.72. The number of halogens is 2. The summed E-state index contributed by atoms with van der Waals surface area (Å²) in [4.78, 5) is 20.4. The van der Waals surface area contributed by atoms with E-state index in [-0.39, 0.29) is 35.8 Å². The van der Waals surface area contributed by atoms with E-state index < -0.39 is 17.7 Å². The zero-order valence-corrected chi connectivity index (χ0v) is 15.5. The van der Waals surface area contributed by atoms with Gasteiger partial charge < -0.3 is 14.8 Å². The Labute approximate surface area is 170 Å². The first-order valence-electron chi connectivity index (χ1n) is 9.32. The van der Waals surface area contributed by atoms with Gasteiger partial charge in [-0.25, -0.2) is 18.6 Å². The average molecular weight is 410 g/mol. The molecule has 0 spiro atoms. The number of nitrogens with zero attached hydrogens (tertiary/aromatic N) is 2. The van der Waals surface area contributed by atoms with E-state index in [0.29, 0.717) is 17.3 Å². The maximum absolute atomic E-state index is 14.2. The molecule has 30 heavy (non-hydrogen) atoms. The van der Waals surface area contributed by atoms with Crippen molar-refractivity contribution in [2.75, 3.05) is 11.9 Å². The van der Waals surface area contributed by atoms with Crippen LogP contribution in [0.15, 0.2) is 55.0 Å². The molecule has 2 aliphatic rings. The normalized spacial score (nSPS) is 20.9. The Morgan fingerprint density at radius 2 is 1.87 bits per heavy atom. The molecule has 3 aromatic rings. The number of nitrogens with one attached hydrogen (secondary N) is 2. The topological polar surface area (TPSA) is 85.4 Å². The van der Waals surface area contributed by atoms with Crippen LogP contribution in [0, 0.1) is 17.6 Å². The quantitative estimate of drug-likeness (QED) is 0.683. The Kier molecular flexibility index (Phi) is 4.42. The summed E-state index contributed by atoms with van der Waals surface area (Å²) in [6.07, 6.45) is 4.71. The van der Waals surface area contributed by atoms with Crippen molar-refractivity contribution in [3.63, 3.8) is 0 Å². The molecule has 9 heteroatoms. The third kappa shape index (κ3) is 3.38. The van der Waals surface area contributed by atoms with Crippen LogP contribution in [0.2, 0.25) is 0 Å². The highest BCUT2D eigenvalue weighted by atomic mass is 19.1. The molecule has 1 saturated carbocycles. The summed E-state index contributed by atoms with van der Waals surface area (Å²) < 4.78 is 39.0. The molecule has 5 rings (SSSR count). The second-order valence-corrected chi connectivity index (χ2v) is 7.06. The molecular weight excluding hydrogens is 394 g/mol. The van der Waals surface area contributed by atoms with Crippen LogP contribution >= 0.6 is 0 Å². The van der Waals surface area contributed by atoms with Crippen molar-refractivity contribution in [2.24, 2.45) is 5.92 Å². The molecule has 2 N–H and O–H groups in total. The van der Waals surface area contributed by atoms with E-state index in [1.54, 1.807) is 36.7 Å². The Balaban J connectivity index is 1.21. The van der Waals surface area contributed by atoms with Crippen molar-refractivity contribution >= 4 is 11.8 Å². The van der Waals surface area contributed by atoms with Crippen LogP contribution < -0.4 is 20.1 Å². The molecule has 0 saturated heterocycles. The summed E-state index contributed by atoms with van der Waals surface area (Å²) in [5, 5.41) is 5.42. The molecule has 0 radical (unpaired) electrons. The molecule has 3 heterocycles. The number of hydrogen-bond donors (Lipinski definition) is 2. The smallest absolute Gasteiger partial charge is 0.320 e. The van der Waals surface area contributed by atoms with Gasteiger partial charge >= 0.3 is 6.03 Å². The molecule has 2 aromatic heterocycles. The van der Waals surface area contributed by atoms with Gasteiger partial charge in [0.15, 0.2) is 11.6 Å². The van der Waals surface area contributed by atoms with Gasteiger partial charge in [-0.2, -0.15) is 0 Å². The van der Waals surface area contributed by atoms with Crippen LogP contribution in [-0.4, -0.2) is 28.6 Å². The minimum absolute atomic E-state index is 0.0626. The van der Waals surface area contributed by atoms with Gasteiger partial charge in [0.05, 0.1) is 12.8 Å². The van der Waals surface area contributed by atoms with Gasteiger partial charge in [-0.15, -0.1) is 0 Å². The number of carbonyl (C=O) groups is 1. The molecule has 3 atom stereocenters. The molecule has 1 aliphatic heterocycles. The molecule has 1 aromatic carbocycles. The largest absolute Gasteiger partial charge is 0.490 e. The first-order valence-corrected chi connectivity index (χ1v) is 9.32. The minimum atomic E-state index is -0.599. The molecular formula is C21H16F2N4O3. The molecule has 2 amide bonds. The maximum Gasteiger partial charge on any atom is 0.320 e. The summed E-state index contributed by atoms with van der Waals surface area (Å²) in [6, 6.07) is 8.00. The number of aromatic nitrogens is 2. The zero-order chi connectivity index (χ0) is 20.7. The first-order chi connectivity index (χ1) is 14.6. The monoisotopic (exact) mass is 410 g/mol. The summed E-state index contributed by atoms with van der Waals surface area (Å²) in [5.74, 6) is -0.141. The summed E-state index contributed by atoms with van der Waals surface area (Å²) >= 11 is 0. The van der Waals surface area contributed by atoms with Crippen LogP contribution in [-0.2, 0) is 0 Å². The number of carbonyl (C=O) groups excluding carboxylic acids is 1. The van der Waals surface area contributed by atoms with Crippen molar-refractivity contribution < 1.29 is 23.0 Å². The molecule has 152 valence electrons. The lowest BCUT2D eigenvalue weighted by molar-refractivity contribution is 0.247. The lowest BCUT2D eigenvalue weighted by atomic mass is 10.0. The van der Waals surface area contributed by atoms with Gasteiger partial charge in [0.25, 0.3) is 0 Å². The van der Waals surface area contributed by atoms with E-state index in [2.05, 4.69) is 20.6 Å². The second kappa shape index (κ2) is 7.25. The van der Waals surface area contributed by atoms with Crippen LogP contribution in [0.1, 0.15) is 11.5 Å². The van der Waals surface area contributed by atoms with E-state index in [1.807, 2.05) is 0 Å². The van der Waals surface area contributed by atoms with Gasteiger partial charge in [0.2, 0.25) is 0 Å². The number of fused-ring (bicyclic) bond motifs is 3. The minimum Gasteiger partial charge on any atom is -0.490 e. The van der Waals surface area contributed by atoms with Gasteiger partial charge in [0.1, 0.15) is 23.1 Å². The summed E-state index contributed by atoms with van der Waals surface area (Å²) in [5.41, 5.74) is 0.187. The number of amides is 2. The number of benzene rings is 1. The first kappa shape index (κ1) is 18.3. The lowest BCUT2D eigenvalue weighted by Crippen LogP contribution is -2.32. The number of anilines is 1. The zero-order valence-electron chi connectivity index (χ0n) is 15.5. The molecule has 2 unspecified atom stereocenters. The van der Waals surface area contributed by atoms with Crippen molar-refractivity contribution in [2.45, 2.75) is 12.0 Å². The number of ether oxygens (including phenoxy) is 2. The number of urea groups is 1. The number of pyridine rings is 2. The lowest BCUT2D eigenvalue weighted by Gasteiger charge is -2.16. The highest BCUT2D eigenvalue weighted by Crippen LogP contribution is 2.55. The van der Waals surface area contributed by atoms with Crippen LogP contribution in [0.25, 0.3) is 0 Å². The Bertz CT molecular complexity index is 1100. The van der Waals surface area contributed by atoms with E-state index >= 15 is 0 Å². The van der Waals surface area contributed by atoms with Crippen molar-refractivity contribution in [3.05, 3.63) is 72.2 Å².